The first-order valence-electron chi connectivity index (χ1n) is 10.8. The van der Waals surface area contributed by atoms with Crippen molar-refractivity contribution in [1.29, 1.82) is 0 Å². The molecule has 0 atom stereocenters. The highest BCUT2D eigenvalue weighted by Gasteiger charge is 2.41. The molecule has 0 saturated carbocycles. The van der Waals surface area contributed by atoms with E-state index in [1.54, 1.807) is 24.3 Å². The Balaban J connectivity index is 1.84. The second-order valence-corrected chi connectivity index (χ2v) is 8.44. The summed E-state index contributed by atoms with van der Waals surface area (Å²) < 4.78 is 5.58. The van der Waals surface area contributed by atoms with E-state index in [2.05, 4.69) is 5.32 Å². The number of benzene rings is 3. The number of aryl methyl sites for hydroxylation is 3. The van der Waals surface area contributed by atoms with Crippen molar-refractivity contribution in [3.8, 4) is 5.75 Å². The molecule has 2 amide bonds. The summed E-state index contributed by atoms with van der Waals surface area (Å²) in [5.74, 6) is -0.151. The number of rotatable bonds is 6. The van der Waals surface area contributed by atoms with Gasteiger partial charge >= 0.3 is 0 Å². The molecule has 5 nitrogen and oxygen atoms in total. The molecule has 4 rings (SSSR count). The van der Waals surface area contributed by atoms with Crippen LogP contribution in [0, 0.1) is 20.8 Å². The van der Waals surface area contributed by atoms with Crippen molar-refractivity contribution in [2.24, 2.45) is 0 Å². The highest BCUT2D eigenvalue weighted by Crippen LogP contribution is 2.36. The summed E-state index contributed by atoms with van der Waals surface area (Å²) >= 11 is 6.30. The molecule has 0 unspecified atom stereocenters. The average Bonchev–Trinajstić information content (AvgIpc) is 3.00. The lowest BCUT2D eigenvalue weighted by Gasteiger charge is -2.16. The van der Waals surface area contributed by atoms with E-state index in [4.69, 9.17) is 16.3 Å². The van der Waals surface area contributed by atoms with Crippen LogP contribution in [0.3, 0.4) is 0 Å². The number of carbonyl (C=O) groups is 2. The molecule has 33 heavy (non-hydrogen) atoms. The van der Waals surface area contributed by atoms with Gasteiger partial charge in [0.15, 0.2) is 0 Å². The maximum Gasteiger partial charge on any atom is 0.282 e. The molecule has 6 heteroatoms. The lowest BCUT2D eigenvalue weighted by molar-refractivity contribution is -0.120. The van der Waals surface area contributed by atoms with Crippen LogP contribution in [0.1, 0.15) is 29.2 Å². The van der Waals surface area contributed by atoms with Crippen LogP contribution in [0.15, 0.2) is 66.4 Å². The van der Waals surface area contributed by atoms with Crippen LogP contribution >= 0.6 is 11.6 Å². The van der Waals surface area contributed by atoms with E-state index in [-0.39, 0.29) is 5.70 Å². The summed E-state index contributed by atoms with van der Waals surface area (Å²) in [6.07, 6.45) is 0. The minimum absolute atomic E-state index is 0.220. The van der Waals surface area contributed by atoms with Crippen molar-refractivity contribution in [2.75, 3.05) is 16.8 Å². The lowest BCUT2D eigenvalue weighted by atomic mass is 9.97. The maximum atomic E-state index is 13.7. The molecular weight excluding hydrogens is 436 g/mol. The van der Waals surface area contributed by atoms with Crippen molar-refractivity contribution >= 4 is 40.4 Å². The summed E-state index contributed by atoms with van der Waals surface area (Å²) in [4.78, 5) is 28.4. The Morgan fingerprint density at radius 3 is 2.39 bits per heavy atom. The zero-order valence-corrected chi connectivity index (χ0v) is 19.8. The third kappa shape index (κ3) is 4.37. The Labute approximate surface area is 198 Å². The predicted molar refractivity (Wildman–Crippen MR) is 133 cm³/mol. The average molecular weight is 461 g/mol. The molecule has 0 aliphatic carbocycles. The molecule has 0 bridgehead atoms. The van der Waals surface area contributed by atoms with Crippen LogP contribution in [0.2, 0.25) is 5.02 Å². The molecule has 3 aromatic rings. The molecule has 1 N–H and O–H groups in total. The zero-order chi connectivity index (χ0) is 23.7. The van der Waals surface area contributed by atoms with Gasteiger partial charge in [0.25, 0.3) is 11.8 Å². The second kappa shape index (κ2) is 9.12. The molecule has 0 fully saturated rings. The summed E-state index contributed by atoms with van der Waals surface area (Å²) in [7, 11) is 0. The molecule has 0 saturated heterocycles. The molecular formula is C27H25ClN2O3. The molecule has 0 radical (unpaired) electrons. The highest BCUT2D eigenvalue weighted by atomic mass is 35.5. The van der Waals surface area contributed by atoms with E-state index in [1.165, 1.54) is 4.90 Å². The van der Waals surface area contributed by atoms with Gasteiger partial charge < -0.3 is 10.1 Å². The van der Waals surface area contributed by atoms with E-state index in [1.807, 2.05) is 64.1 Å². The minimum Gasteiger partial charge on any atom is -0.494 e. The fraction of sp³-hybridized carbons (Fsp3) is 0.185. The van der Waals surface area contributed by atoms with Gasteiger partial charge in [-0.2, -0.15) is 0 Å². The van der Waals surface area contributed by atoms with E-state index < -0.39 is 11.8 Å². The smallest absolute Gasteiger partial charge is 0.282 e. The number of nitrogens with zero attached hydrogens (tertiary/aromatic N) is 1. The predicted octanol–water partition coefficient (Wildman–Crippen LogP) is 6.06. The van der Waals surface area contributed by atoms with Crippen LogP contribution in [0.4, 0.5) is 11.4 Å². The van der Waals surface area contributed by atoms with E-state index in [0.717, 1.165) is 16.7 Å². The molecule has 1 heterocycles. The third-order valence-electron chi connectivity index (χ3n) is 5.56. The van der Waals surface area contributed by atoms with Gasteiger partial charge in [-0.3, -0.25) is 9.59 Å². The number of hydrogen-bond donors (Lipinski definition) is 1. The van der Waals surface area contributed by atoms with Gasteiger partial charge in [-0.1, -0.05) is 47.5 Å². The molecule has 168 valence electrons. The molecule has 3 aromatic carbocycles. The first-order valence-corrected chi connectivity index (χ1v) is 11.1. The van der Waals surface area contributed by atoms with Gasteiger partial charge in [0.1, 0.15) is 11.4 Å². The fourth-order valence-electron chi connectivity index (χ4n) is 3.92. The number of carbonyl (C=O) groups excluding carboxylic acids is 2. The van der Waals surface area contributed by atoms with Gasteiger partial charge in [0.2, 0.25) is 0 Å². The molecule has 0 spiro atoms. The quantitative estimate of drug-likeness (QED) is 0.454. The summed E-state index contributed by atoms with van der Waals surface area (Å²) in [5, 5.41) is 3.68. The van der Waals surface area contributed by atoms with Gasteiger partial charge in [-0.05, 0) is 68.7 Å². The number of amides is 2. The maximum absolute atomic E-state index is 13.7. The van der Waals surface area contributed by atoms with Crippen molar-refractivity contribution in [3.63, 3.8) is 0 Å². The van der Waals surface area contributed by atoms with Crippen LogP contribution in [-0.2, 0) is 9.59 Å². The van der Waals surface area contributed by atoms with Crippen LogP contribution in [-0.4, -0.2) is 18.4 Å². The van der Waals surface area contributed by atoms with E-state index in [9.17, 15) is 9.59 Å². The Morgan fingerprint density at radius 2 is 1.70 bits per heavy atom. The normalized spacial score (nSPS) is 13.7. The standard InChI is InChI=1S/C27H25ClN2O3/c1-5-33-21-8-6-7-19(14-21)29-25-24(22-12-9-16(2)13-18(22)4)26(31)30(27(25)32)20-11-10-17(3)23(28)15-20/h6-15,29H,5H2,1-4H3. The van der Waals surface area contributed by atoms with Crippen LogP contribution in [0.5, 0.6) is 5.75 Å². The third-order valence-corrected chi connectivity index (χ3v) is 5.97. The monoisotopic (exact) mass is 460 g/mol. The van der Waals surface area contributed by atoms with Gasteiger partial charge in [0, 0.05) is 16.8 Å². The van der Waals surface area contributed by atoms with Crippen molar-refractivity contribution in [2.45, 2.75) is 27.7 Å². The zero-order valence-electron chi connectivity index (χ0n) is 19.0. The number of anilines is 2. The Kier molecular flexibility index (Phi) is 6.25. The van der Waals surface area contributed by atoms with Crippen LogP contribution in [0.25, 0.3) is 5.57 Å². The summed E-state index contributed by atoms with van der Waals surface area (Å²) in [6, 6.07) is 18.3. The Morgan fingerprint density at radius 1 is 0.909 bits per heavy atom. The fourth-order valence-corrected chi connectivity index (χ4v) is 4.09. The van der Waals surface area contributed by atoms with Crippen molar-refractivity contribution < 1.29 is 14.3 Å². The highest BCUT2D eigenvalue weighted by molar-refractivity contribution is 6.46. The first kappa shape index (κ1) is 22.6. The first-order chi connectivity index (χ1) is 15.8. The van der Waals surface area contributed by atoms with Crippen molar-refractivity contribution in [1.82, 2.24) is 0 Å². The van der Waals surface area contributed by atoms with E-state index >= 15 is 0 Å². The second-order valence-electron chi connectivity index (χ2n) is 8.03. The van der Waals surface area contributed by atoms with Crippen molar-refractivity contribution in [3.05, 3.63) is 93.6 Å². The molecule has 1 aliphatic heterocycles. The SMILES string of the molecule is CCOc1cccc(NC2=C(c3ccc(C)cc3C)C(=O)N(c3ccc(C)c(Cl)c3)C2=O)c1. The number of hydrogen-bond acceptors (Lipinski definition) is 4. The van der Waals surface area contributed by atoms with Crippen LogP contribution < -0.4 is 15.0 Å². The van der Waals surface area contributed by atoms with E-state index in [0.29, 0.717) is 39.9 Å². The summed E-state index contributed by atoms with van der Waals surface area (Å²) in [5.41, 5.74) is 5.21. The number of halogens is 1. The number of nitrogens with one attached hydrogen (secondary N) is 1. The van der Waals surface area contributed by atoms with Gasteiger partial charge in [-0.15, -0.1) is 0 Å². The molecule has 0 aromatic heterocycles. The number of imide groups is 1. The lowest BCUT2D eigenvalue weighted by Crippen LogP contribution is -2.32. The van der Waals surface area contributed by atoms with Gasteiger partial charge in [-0.25, -0.2) is 4.90 Å². The number of ether oxygens (including phenoxy) is 1. The molecule has 1 aliphatic rings. The Bertz CT molecular complexity index is 1300. The van der Waals surface area contributed by atoms with Gasteiger partial charge in [0.05, 0.1) is 17.9 Å². The summed E-state index contributed by atoms with van der Waals surface area (Å²) in [6.45, 7) is 8.24. The Hall–Kier alpha value is -3.57. The topological polar surface area (TPSA) is 58.6 Å². The largest absolute Gasteiger partial charge is 0.494 e. The minimum atomic E-state index is -0.434.